The summed E-state index contributed by atoms with van der Waals surface area (Å²) in [5.74, 6) is 2.47. The smallest absolute Gasteiger partial charge is 0.251 e. The molecule has 1 N–H and O–H groups in total. The minimum atomic E-state index is -0.0944. The van der Waals surface area contributed by atoms with Crippen LogP contribution < -0.4 is 5.32 Å². The summed E-state index contributed by atoms with van der Waals surface area (Å²) in [6, 6.07) is 5.10. The number of rotatable bonds is 5. The summed E-state index contributed by atoms with van der Waals surface area (Å²) >= 11 is 9.13. The average Bonchev–Trinajstić information content (AvgIpc) is 2.32. The molecule has 0 atom stereocenters. The molecule has 4 heteroatoms. The van der Waals surface area contributed by atoms with Gasteiger partial charge in [-0.2, -0.15) is 0 Å². The van der Waals surface area contributed by atoms with Crippen molar-refractivity contribution in [2.75, 3.05) is 6.54 Å². The molecule has 0 unspecified atom stereocenters. The van der Waals surface area contributed by atoms with Gasteiger partial charge in [0.05, 0.1) is 5.02 Å². The molecule has 1 aromatic carbocycles. The second-order valence-electron chi connectivity index (χ2n) is 3.55. The van der Waals surface area contributed by atoms with Crippen molar-refractivity contribution in [3.05, 3.63) is 33.3 Å². The van der Waals surface area contributed by atoms with E-state index in [0.717, 1.165) is 23.7 Å². The first kappa shape index (κ1) is 14.1. The van der Waals surface area contributed by atoms with E-state index in [1.807, 2.05) is 0 Å². The lowest BCUT2D eigenvalue weighted by Crippen LogP contribution is -2.24. The zero-order chi connectivity index (χ0) is 12.7. The SMILES string of the molecule is C#CCCCCNC(=O)c1ccc(Cl)c(Br)c1. The predicted molar refractivity (Wildman–Crippen MR) is 74.2 cm³/mol. The van der Waals surface area contributed by atoms with E-state index in [1.54, 1.807) is 18.2 Å². The Labute approximate surface area is 115 Å². The highest BCUT2D eigenvalue weighted by Gasteiger charge is 2.06. The zero-order valence-electron chi connectivity index (χ0n) is 9.30. The largest absolute Gasteiger partial charge is 0.352 e. The van der Waals surface area contributed by atoms with Crippen LogP contribution in [-0.2, 0) is 0 Å². The first-order valence-electron chi connectivity index (χ1n) is 5.32. The van der Waals surface area contributed by atoms with Crippen LogP contribution in [0.15, 0.2) is 22.7 Å². The maximum Gasteiger partial charge on any atom is 0.251 e. The van der Waals surface area contributed by atoms with Gasteiger partial charge in [-0.05, 0) is 47.0 Å². The number of nitrogens with one attached hydrogen (secondary N) is 1. The van der Waals surface area contributed by atoms with Gasteiger partial charge in [-0.15, -0.1) is 12.3 Å². The molecule has 0 bridgehead atoms. The lowest BCUT2D eigenvalue weighted by Gasteiger charge is -2.05. The maximum absolute atomic E-state index is 11.7. The minimum absolute atomic E-state index is 0.0944. The molecule has 0 radical (unpaired) electrons. The van der Waals surface area contributed by atoms with E-state index >= 15 is 0 Å². The molecule has 0 aliphatic carbocycles. The third-order valence-corrected chi connectivity index (χ3v) is 3.43. The molecule has 2 nitrogen and oxygen atoms in total. The number of benzene rings is 1. The highest BCUT2D eigenvalue weighted by atomic mass is 79.9. The third-order valence-electron chi connectivity index (χ3n) is 2.22. The molecule has 0 spiro atoms. The number of carbonyl (C=O) groups excluding carboxylic acids is 1. The van der Waals surface area contributed by atoms with Gasteiger partial charge in [0.2, 0.25) is 0 Å². The molecular formula is C13H13BrClNO. The topological polar surface area (TPSA) is 29.1 Å². The Bertz CT molecular complexity index is 440. The van der Waals surface area contributed by atoms with Crippen molar-refractivity contribution < 1.29 is 4.79 Å². The van der Waals surface area contributed by atoms with E-state index in [4.69, 9.17) is 18.0 Å². The molecule has 1 amide bonds. The third kappa shape index (κ3) is 4.80. The first-order chi connectivity index (χ1) is 8.15. The molecule has 0 saturated carbocycles. The van der Waals surface area contributed by atoms with Crippen molar-refractivity contribution in [1.29, 1.82) is 0 Å². The van der Waals surface area contributed by atoms with E-state index in [-0.39, 0.29) is 5.91 Å². The zero-order valence-corrected chi connectivity index (χ0v) is 11.6. The second-order valence-corrected chi connectivity index (χ2v) is 4.81. The molecule has 0 aromatic heterocycles. The standard InChI is InChI=1S/C13H13BrClNO/c1-2-3-4-5-8-16-13(17)10-6-7-12(15)11(14)9-10/h1,6-7,9H,3-5,8H2,(H,16,17). The van der Waals surface area contributed by atoms with Crippen LogP contribution in [0.3, 0.4) is 0 Å². The van der Waals surface area contributed by atoms with Crippen molar-refractivity contribution in [2.45, 2.75) is 19.3 Å². The van der Waals surface area contributed by atoms with Crippen LogP contribution >= 0.6 is 27.5 Å². The fourth-order valence-corrected chi connectivity index (χ4v) is 1.79. The number of terminal acetylenes is 1. The number of hydrogen-bond donors (Lipinski definition) is 1. The second kappa shape index (κ2) is 7.37. The van der Waals surface area contributed by atoms with Gasteiger partial charge < -0.3 is 5.32 Å². The Kier molecular flexibility index (Phi) is 6.10. The number of carbonyl (C=O) groups is 1. The Balaban J connectivity index is 2.42. The van der Waals surface area contributed by atoms with Crippen LogP contribution in [-0.4, -0.2) is 12.5 Å². The van der Waals surface area contributed by atoms with Gasteiger partial charge in [0.25, 0.3) is 5.91 Å². The number of hydrogen-bond acceptors (Lipinski definition) is 1. The molecule has 1 rings (SSSR count). The summed E-state index contributed by atoms with van der Waals surface area (Å²) in [6.45, 7) is 0.640. The van der Waals surface area contributed by atoms with E-state index < -0.39 is 0 Å². The lowest BCUT2D eigenvalue weighted by atomic mass is 10.2. The summed E-state index contributed by atoms with van der Waals surface area (Å²) < 4.78 is 0.721. The summed E-state index contributed by atoms with van der Waals surface area (Å²) in [7, 11) is 0. The van der Waals surface area contributed by atoms with Crippen LogP contribution in [0.1, 0.15) is 29.6 Å². The summed E-state index contributed by atoms with van der Waals surface area (Å²) in [4.78, 5) is 11.7. The molecule has 0 aliphatic rings. The highest BCUT2D eigenvalue weighted by molar-refractivity contribution is 9.10. The highest BCUT2D eigenvalue weighted by Crippen LogP contribution is 2.23. The van der Waals surface area contributed by atoms with Gasteiger partial charge in [-0.1, -0.05) is 11.6 Å². The van der Waals surface area contributed by atoms with Crippen molar-refractivity contribution in [3.8, 4) is 12.3 Å². The fraction of sp³-hybridized carbons (Fsp3) is 0.308. The van der Waals surface area contributed by atoms with Crippen molar-refractivity contribution in [3.63, 3.8) is 0 Å². The fourth-order valence-electron chi connectivity index (χ4n) is 1.29. The molecule has 0 aliphatic heterocycles. The van der Waals surface area contributed by atoms with Crippen molar-refractivity contribution in [2.24, 2.45) is 0 Å². The number of unbranched alkanes of at least 4 members (excludes halogenated alkanes) is 2. The van der Waals surface area contributed by atoms with Crippen molar-refractivity contribution >= 4 is 33.4 Å². The maximum atomic E-state index is 11.7. The first-order valence-corrected chi connectivity index (χ1v) is 6.49. The van der Waals surface area contributed by atoms with Crippen LogP contribution in [0.4, 0.5) is 0 Å². The Morgan fingerprint density at radius 1 is 1.47 bits per heavy atom. The molecule has 0 fully saturated rings. The summed E-state index contributed by atoms with van der Waals surface area (Å²) in [5.41, 5.74) is 0.596. The number of halogens is 2. The summed E-state index contributed by atoms with van der Waals surface area (Å²) in [5, 5.41) is 3.43. The van der Waals surface area contributed by atoms with E-state index in [2.05, 4.69) is 27.2 Å². The van der Waals surface area contributed by atoms with E-state index in [9.17, 15) is 4.79 Å². The number of amides is 1. The van der Waals surface area contributed by atoms with Gasteiger partial charge >= 0.3 is 0 Å². The van der Waals surface area contributed by atoms with Gasteiger partial charge in [0.15, 0.2) is 0 Å². The quantitative estimate of drug-likeness (QED) is 0.652. The van der Waals surface area contributed by atoms with Gasteiger partial charge in [0.1, 0.15) is 0 Å². The Hall–Kier alpha value is -0.980. The molecule has 0 saturated heterocycles. The van der Waals surface area contributed by atoms with Crippen molar-refractivity contribution in [1.82, 2.24) is 5.32 Å². The molecule has 0 heterocycles. The Morgan fingerprint density at radius 3 is 2.88 bits per heavy atom. The lowest BCUT2D eigenvalue weighted by molar-refractivity contribution is 0.0953. The van der Waals surface area contributed by atoms with Gasteiger partial charge in [-0.3, -0.25) is 4.79 Å². The molecule has 1 aromatic rings. The molecular weight excluding hydrogens is 302 g/mol. The van der Waals surface area contributed by atoms with Crippen LogP contribution in [0, 0.1) is 12.3 Å². The van der Waals surface area contributed by atoms with Crippen LogP contribution in [0.25, 0.3) is 0 Å². The normalized spacial score (nSPS) is 9.71. The Morgan fingerprint density at radius 2 is 2.24 bits per heavy atom. The average molecular weight is 315 g/mol. The van der Waals surface area contributed by atoms with Gasteiger partial charge in [-0.25, -0.2) is 0 Å². The van der Waals surface area contributed by atoms with E-state index in [0.29, 0.717) is 17.1 Å². The molecule has 90 valence electrons. The van der Waals surface area contributed by atoms with E-state index in [1.165, 1.54) is 0 Å². The predicted octanol–water partition coefficient (Wildman–Crippen LogP) is 3.64. The van der Waals surface area contributed by atoms with Gasteiger partial charge in [0, 0.05) is 23.0 Å². The molecule has 17 heavy (non-hydrogen) atoms. The van der Waals surface area contributed by atoms with Crippen LogP contribution in [0.2, 0.25) is 5.02 Å². The minimum Gasteiger partial charge on any atom is -0.352 e. The van der Waals surface area contributed by atoms with Crippen LogP contribution in [0.5, 0.6) is 0 Å². The monoisotopic (exact) mass is 313 g/mol. The summed E-state index contributed by atoms with van der Waals surface area (Å²) in [6.07, 6.45) is 7.71.